The first kappa shape index (κ1) is 36.2. The molecule has 3 heteroatoms. The Morgan fingerprint density at radius 1 is 0.595 bits per heavy atom. The van der Waals surface area contributed by atoms with E-state index in [1.165, 1.54) is 77.0 Å². The molecule has 0 aromatic heterocycles. The lowest BCUT2D eigenvalue weighted by Crippen LogP contribution is -2.27. The molecule has 0 aromatic carbocycles. The maximum absolute atomic E-state index is 12.7. The molecule has 216 valence electrons. The van der Waals surface area contributed by atoms with E-state index in [2.05, 4.69) is 73.2 Å². The van der Waals surface area contributed by atoms with Gasteiger partial charge in [0.1, 0.15) is 6.10 Å². The van der Waals surface area contributed by atoms with Crippen LogP contribution < -0.4 is 0 Å². The summed E-state index contributed by atoms with van der Waals surface area (Å²) in [6.45, 7) is 6.77. The number of alkyl halides is 1. The van der Waals surface area contributed by atoms with Crippen LogP contribution in [0, 0.1) is 5.92 Å². The van der Waals surface area contributed by atoms with Crippen LogP contribution in [-0.2, 0) is 9.53 Å². The largest absolute Gasteiger partial charge is 0.462 e. The van der Waals surface area contributed by atoms with E-state index in [9.17, 15) is 4.79 Å². The van der Waals surface area contributed by atoms with Crippen molar-refractivity contribution in [3.8, 4) is 0 Å². The number of unbranched alkanes of at least 4 members (excludes halogenated alkanes) is 10. The summed E-state index contributed by atoms with van der Waals surface area (Å²) in [5.74, 6) is 0.419. The molecule has 37 heavy (non-hydrogen) atoms. The first-order chi connectivity index (χ1) is 18.2. The highest BCUT2D eigenvalue weighted by Gasteiger charge is 2.23. The van der Waals surface area contributed by atoms with Crippen molar-refractivity contribution in [2.24, 2.45) is 5.92 Å². The summed E-state index contributed by atoms with van der Waals surface area (Å²) in [6, 6.07) is 0. The van der Waals surface area contributed by atoms with E-state index >= 15 is 0 Å². The van der Waals surface area contributed by atoms with Gasteiger partial charge in [-0.1, -0.05) is 112 Å². The number of rotatable bonds is 27. The molecule has 1 atom stereocenters. The minimum Gasteiger partial charge on any atom is -0.462 e. The van der Waals surface area contributed by atoms with Gasteiger partial charge in [0.25, 0.3) is 0 Å². The zero-order chi connectivity index (χ0) is 27.2. The minimum absolute atomic E-state index is 0.00640. The quantitative estimate of drug-likeness (QED) is 0.0417. The van der Waals surface area contributed by atoms with Gasteiger partial charge in [-0.3, -0.25) is 4.79 Å². The molecular formula is C34H61BrO2. The molecule has 0 N–H and O–H groups in total. The number of hydrogen-bond acceptors (Lipinski definition) is 2. The molecule has 0 saturated carbocycles. The Hall–Kier alpha value is -0.830. The molecule has 0 bridgehead atoms. The number of esters is 1. The van der Waals surface area contributed by atoms with Crippen LogP contribution in [0.2, 0.25) is 0 Å². The third-order valence-electron chi connectivity index (χ3n) is 7.02. The number of halogens is 1. The Kier molecular flexibility index (Phi) is 29.1. The zero-order valence-electron chi connectivity index (χ0n) is 24.9. The second kappa shape index (κ2) is 29.7. The van der Waals surface area contributed by atoms with Gasteiger partial charge < -0.3 is 4.74 Å². The van der Waals surface area contributed by atoms with Crippen molar-refractivity contribution in [1.29, 1.82) is 0 Å². The molecule has 0 aliphatic carbocycles. The number of carbonyl (C=O) groups is 1. The van der Waals surface area contributed by atoms with Crippen molar-refractivity contribution in [2.75, 3.05) is 5.33 Å². The average molecular weight is 582 g/mol. The Labute approximate surface area is 240 Å². The Balaban J connectivity index is 5.10. The van der Waals surface area contributed by atoms with Crippen molar-refractivity contribution in [3.05, 3.63) is 36.5 Å². The van der Waals surface area contributed by atoms with Gasteiger partial charge in [-0.15, -0.1) is 0 Å². The van der Waals surface area contributed by atoms with E-state index in [0.717, 1.165) is 56.7 Å². The van der Waals surface area contributed by atoms with Gasteiger partial charge >= 0.3 is 5.97 Å². The maximum atomic E-state index is 12.7. The highest BCUT2D eigenvalue weighted by molar-refractivity contribution is 9.09. The van der Waals surface area contributed by atoms with Crippen LogP contribution in [0.1, 0.15) is 156 Å². The summed E-state index contributed by atoms with van der Waals surface area (Å²) in [4.78, 5) is 12.7. The summed E-state index contributed by atoms with van der Waals surface area (Å²) in [6.07, 6.45) is 38.1. The molecule has 0 spiro atoms. The number of ether oxygens (including phenoxy) is 1. The third-order valence-corrected chi connectivity index (χ3v) is 7.58. The fourth-order valence-corrected chi connectivity index (χ4v) is 5.02. The first-order valence-electron chi connectivity index (χ1n) is 15.9. The first-order valence-corrected chi connectivity index (χ1v) is 17.0. The average Bonchev–Trinajstić information content (AvgIpc) is 2.90. The topological polar surface area (TPSA) is 26.3 Å². The lowest BCUT2D eigenvalue weighted by atomic mass is 9.88. The van der Waals surface area contributed by atoms with Crippen molar-refractivity contribution in [1.82, 2.24) is 0 Å². The third kappa shape index (κ3) is 25.2. The molecule has 0 aliphatic heterocycles. The molecule has 0 heterocycles. The van der Waals surface area contributed by atoms with Crippen molar-refractivity contribution in [2.45, 2.75) is 162 Å². The van der Waals surface area contributed by atoms with Gasteiger partial charge in [0.05, 0.1) is 0 Å². The number of hydrogen-bond donors (Lipinski definition) is 0. The van der Waals surface area contributed by atoms with Crippen LogP contribution in [0.15, 0.2) is 36.5 Å². The highest BCUT2D eigenvalue weighted by Crippen LogP contribution is 2.26. The molecule has 0 rings (SSSR count). The SMILES string of the molecule is CCCCCC=CCCC(CCC=CCCCCC)C(CCC=CCCCCC)OC(=O)CCCCBr. The smallest absolute Gasteiger partial charge is 0.306 e. The highest BCUT2D eigenvalue weighted by atomic mass is 79.9. The molecule has 2 nitrogen and oxygen atoms in total. The van der Waals surface area contributed by atoms with Crippen LogP contribution in [-0.4, -0.2) is 17.4 Å². The van der Waals surface area contributed by atoms with E-state index in [1.807, 2.05) is 0 Å². The summed E-state index contributed by atoms with van der Waals surface area (Å²) < 4.78 is 6.19. The minimum atomic E-state index is -0.00640. The van der Waals surface area contributed by atoms with E-state index in [1.54, 1.807) is 0 Å². The van der Waals surface area contributed by atoms with Crippen LogP contribution in [0.25, 0.3) is 0 Å². The van der Waals surface area contributed by atoms with Gasteiger partial charge in [-0.25, -0.2) is 0 Å². The van der Waals surface area contributed by atoms with Crippen LogP contribution in [0.4, 0.5) is 0 Å². The second-order valence-electron chi connectivity index (χ2n) is 10.6. The Bertz CT molecular complexity index is 542. The summed E-state index contributed by atoms with van der Waals surface area (Å²) in [5, 5.41) is 0.949. The molecule has 0 aromatic rings. The molecule has 0 aliphatic rings. The molecule has 0 radical (unpaired) electrons. The van der Waals surface area contributed by atoms with E-state index < -0.39 is 0 Å². The van der Waals surface area contributed by atoms with E-state index in [-0.39, 0.29) is 12.1 Å². The molecule has 0 saturated heterocycles. The van der Waals surface area contributed by atoms with Crippen LogP contribution in [0.5, 0.6) is 0 Å². The van der Waals surface area contributed by atoms with Crippen molar-refractivity contribution < 1.29 is 9.53 Å². The van der Waals surface area contributed by atoms with Gasteiger partial charge in [0.2, 0.25) is 0 Å². The predicted octanol–water partition coefficient (Wildman–Crippen LogP) is 11.8. The van der Waals surface area contributed by atoms with Crippen molar-refractivity contribution >= 4 is 21.9 Å². The molecular weight excluding hydrogens is 520 g/mol. The van der Waals surface area contributed by atoms with Crippen LogP contribution in [0.3, 0.4) is 0 Å². The van der Waals surface area contributed by atoms with E-state index in [0.29, 0.717) is 12.3 Å². The van der Waals surface area contributed by atoms with Crippen molar-refractivity contribution in [3.63, 3.8) is 0 Å². The maximum Gasteiger partial charge on any atom is 0.306 e. The molecule has 1 unspecified atom stereocenters. The number of carbonyl (C=O) groups excluding carboxylic acids is 1. The normalized spacial score (nSPS) is 13.7. The van der Waals surface area contributed by atoms with Crippen LogP contribution >= 0.6 is 15.9 Å². The molecule has 0 amide bonds. The monoisotopic (exact) mass is 580 g/mol. The summed E-state index contributed by atoms with van der Waals surface area (Å²) in [7, 11) is 0. The lowest BCUT2D eigenvalue weighted by molar-refractivity contribution is -0.152. The fraction of sp³-hybridized carbons (Fsp3) is 0.794. The fourth-order valence-electron chi connectivity index (χ4n) is 4.62. The zero-order valence-corrected chi connectivity index (χ0v) is 26.5. The standard InChI is InChI=1S/C34H61BrO2/c1-4-7-10-13-16-19-22-27-32(28-23-20-17-14-11-8-5-2)33(37-34(36)30-25-26-31-35)29-24-21-18-15-12-9-6-3/h16-21,32-33H,4-15,22-31H2,1-3H3. The Morgan fingerprint density at radius 2 is 1.03 bits per heavy atom. The predicted molar refractivity (Wildman–Crippen MR) is 169 cm³/mol. The molecule has 0 fully saturated rings. The van der Waals surface area contributed by atoms with Gasteiger partial charge in [-0.2, -0.15) is 0 Å². The van der Waals surface area contributed by atoms with E-state index in [4.69, 9.17) is 4.74 Å². The lowest BCUT2D eigenvalue weighted by Gasteiger charge is -2.27. The van der Waals surface area contributed by atoms with Gasteiger partial charge in [0, 0.05) is 11.8 Å². The summed E-state index contributed by atoms with van der Waals surface area (Å²) >= 11 is 3.48. The Morgan fingerprint density at radius 3 is 1.46 bits per heavy atom. The number of allylic oxidation sites excluding steroid dienone is 6. The van der Waals surface area contributed by atoms with Gasteiger partial charge in [0.15, 0.2) is 0 Å². The second-order valence-corrected chi connectivity index (χ2v) is 11.4. The summed E-state index contributed by atoms with van der Waals surface area (Å²) in [5.41, 5.74) is 0. The van der Waals surface area contributed by atoms with Gasteiger partial charge in [-0.05, 0) is 95.8 Å².